The van der Waals surface area contributed by atoms with E-state index in [1.54, 1.807) is 0 Å². The third kappa shape index (κ3) is 2.05. The van der Waals surface area contributed by atoms with Gasteiger partial charge < -0.3 is 10.5 Å². The standard InChI is InChI=1S/C11H21NO/c12-7-1-3-10-4-8-13-11(9-10)5-2-6-11/h10H,1-9,12H2. The van der Waals surface area contributed by atoms with Gasteiger partial charge in [-0.05, 0) is 57.4 Å². The molecule has 1 saturated carbocycles. The normalized spacial score (nSPS) is 31.6. The quantitative estimate of drug-likeness (QED) is 0.727. The fourth-order valence-electron chi connectivity index (χ4n) is 2.70. The zero-order valence-electron chi connectivity index (χ0n) is 8.43. The van der Waals surface area contributed by atoms with Gasteiger partial charge in [0, 0.05) is 6.61 Å². The molecule has 0 aromatic carbocycles. The Bertz CT molecular complexity index is 165. The summed E-state index contributed by atoms with van der Waals surface area (Å²) in [6.07, 6.45) is 9.10. The van der Waals surface area contributed by atoms with Crippen molar-refractivity contribution in [2.45, 2.75) is 50.5 Å². The summed E-state index contributed by atoms with van der Waals surface area (Å²) in [5, 5.41) is 0. The molecule has 13 heavy (non-hydrogen) atoms. The molecule has 0 aromatic rings. The predicted octanol–water partition coefficient (Wildman–Crippen LogP) is 2.07. The Morgan fingerprint density at radius 1 is 1.38 bits per heavy atom. The van der Waals surface area contributed by atoms with E-state index < -0.39 is 0 Å². The smallest absolute Gasteiger partial charge is 0.0685 e. The summed E-state index contributed by atoms with van der Waals surface area (Å²) in [4.78, 5) is 0. The number of hydrogen-bond acceptors (Lipinski definition) is 2. The Morgan fingerprint density at radius 3 is 2.85 bits per heavy atom. The fourth-order valence-corrected chi connectivity index (χ4v) is 2.70. The van der Waals surface area contributed by atoms with Crippen molar-refractivity contribution in [2.24, 2.45) is 11.7 Å². The minimum Gasteiger partial charge on any atom is -0.375 e. The molecule has 0 radical (unpaired) electrons. The van der Waals surface area contributed by atoms with Crippen LogP contribution in [0.25, 0.3) is 0 Å². The molecule has 0 amide bonds. The number of hydrogen-bond donors (Lipinski definition) is 1. The SMILES string of the molecule is NCCCC1CCOC2(CCC2)C1. The van der Waals surface area contributed by atoms with E-state index in [-0.39, 0.29) is 0 Å². The first-order valence-corrected chi connectivity index (χ1v) is 5.69. The predicted molar refractivity (Wildman–Crippen MR) is 53.5 cm³/mol. The maximum atomic E-state index is 5.88. The Morgan fingerprint density at radius 2 is 2.23 bits per heavy atom. The molecule has 0 bridgehead atoms. The zero-order chi connectivity index (χ0) is 9.15. The first-order valence-electron chi connectivity index (χ1n) is 5.69. The number of ether oxygens (including phenoxy) is 1. The molecule has 1 saturated heterocycles. The Balaban J connectivity index is 1.78. The van der Waals surface area contributed by atoms with Crippen molar-refractivity contribution < 1.29 is 4.74 Å². The van der Waals surface area contributed by atoms with E-state index in [0.717, 1.165) is 19.1 Å². The molecule has 2 nitrogen and oxygen atoms in total. The van der Waals surface area contributed by atoms with Gasteiger partial charge in [-0.1, -0.05) is 0 Å². The van der Waals surface area contributed by atoms with Gasteiger partial charge in [-0.25, -0.2) is 0 Å². The van der Waals surface area contributed by atoms with Gasteiger partial charge in [0.25, 0.3) is 0 Å². The lowest BCUT2D eigenvalue weighted by Gasteiger charge is -2.47. The Labute approximate surface area is 80.8 Å². The number of rotatable bonds is 3. The van der Waals surface area contributed by atoms with Crippen molar-refractivity contribution in [3.63, 3.8) is 0 Å². The van der Waals surface area contributed by atoms with Gasteiger partial charge in [0.05, 0.1) is 5.60 Å². The molecule has 1 atom stereocenters. The maximum Gasteiger partial charge on any atom is 0.0685 e. The van der Waals surface area contributed by atoms with Crippen molar-refractivity contribution in [2.75, 3.05) is 13.2 Å². The molecule has 1 unspecified atom stereocenters. The molecular formula is C11H21NO. The largest absolute Gasteiger partial charge is 0.375 e. The van der Waals surface area contributed by atoms with Crippen LogP contribution in [-0.4, -0.2) is 18.8 Å². The summed E-state index contributed by atoms with van der Waals surface area (Å²) in [6, 6.07) is 0. The van der Waals surface area contributed by atoms with Crippen LogP contribution < -0.4 is 5.73 Å². The van der Waals surface area contributed by atoms with E-state index >= 15 is 0 Å². The van der Waals surface area contributed by atoms with E-state index in [1.165, 1.54) is 44.9 Å². The van der Waals surface area contributed by atoms with Crippen molar-refractivity contribution in [1.29, 1.82) is 0 Å². The van der Waals surface area contributed by atoms with Crippen molar-refractivity contribution in [1.82, 2.24) is 0 Å². The van der Waals surface area contributed by atoms with Crippen LogP contribution in [0.1, 0.15) is 44.9 Å². The van der Waals surface area contributed by atoms with Crippen LogP contribution in [0.2, 0.25) is 0 Å². The summed E-state index contributed by atoms with van der Waals surface area (Å²) in [6.45, 7) is 1.85. The summed E-state index contributed by atoms with van der Waals surface area (Å²) in [5.41, 5.74) is 5.86. The van der Waals surface area contributed by atoms with Gasteiger partial charge in [0.15, 0.2) is 0 Å². The zero-order valence-corrected chi connectivity index (χ0v) is 8.43. The van der Waals surface area contributed by atoms with Crippen LogP contribution in [0.3, 0.4) is 0 Å². The molecule has 1 aliphatic heterocycles. The molecule has 0 aromatic heterocycles. The highest BCUT2D eigenvalue weighted by molar-refractivity contribution is 4.93. The lowest BCUT2D eigenvalue weighted by molar-refractivity contribution is -0.144. The van der Waals surface area contributed by atoms with Gasteiger partial charge in [-0.3, -0.25) is 0 Å². The van der Waals surface area contributed by atoms with Crippen LogP contribution in [0, 0.1) is 5.92 Å². The van der Waals surface area contributed by atoms with Crippen LogP contribution in [-0.2, 0) is 4.74 Å². The highest BCUT2D eigenvalue weighted by Crippen LogP contribution is 2.45. The summed E-state index contributed by atoms with van der Waals surface area (Å²) >= 11 is 0. The minimum absolute atomic E-state index is 0.331. The van der Waals surface area contributed by atoms with Crippen LogP contribution >= 0.6 is 0 Å². The van der Waals surface area contributed by atoms with Crippen molar-refractivity contribution >= 4 is 0 Å². The van der Waals surface area contributed by atoms with Crippen molar-refractivity contribution in [3.05, 3.63) is 0 Å². The molecule has 2 rings (SSSR count). The molecule has 1 heterocycles. The lowest BCUT2D eigenvalue weighted by Crippen LogP contribution is -2.45. The minimum atomic E-state index is 0.331. The third-order valence-corrected chi connectivity index (χ3v) is 3.68. The van der Waals surface area contributed by atoms with E-state index in [0.29, 0.717) is 5.60 Å². The molecule has 1 aliphatic carbocycles. The monoisotopic (exact) mass is 183 g/mol. The molecule has 2 N–H and O–H groups in total. The van der Waals surface area contributed by atoms with Gasteiger partial charge >= 0.3 is 0 Å². The molecule has 2 heteroatoms. The topological polar surface area (TPSA) is 35.2 Å². The van der Waals surface area contributed by atoms with E-state index in [2.05, 4.69) is 0 Å². The Hall–Kier alpha value is -0.0800. The first-order chi connectivity index (χ1) is 6.35. The van der Waals surface area contributed by atoms with E-state index in [1.807, 2.05) is 0 Å². The molecule has 2 aliphatic rings. The van der Waals surface area contributed by atoms with Crippen LogP contribution in [0.4, 0.5) is 0 Å². The summed E-state index contributed by atoms with van der Waals surface area (Å²) in [7, 11) is 0. The second-order valence-corrected chi connectivity index (χ2v) is 4.67. The Kier molecular flexibility index (Phi) is 2.89. The average molecular weight is 183 g/mol. The maximum absolute atomic E-state index is 5.88. The van der Waals surface area contributed by atoms with Gasteiger partial charge in [0.2, 0.25) is 0 Å². The first kappa shape index (κ1) is 9.47. The van der Waals surface area contributed by atoms with Crippen LogP contribution in [0.15, 0.2) is 0 Å². The second-order valence-electron chi connectivity index (χ2n) is 4.67. The lowest BCUT2D eigenvalue weighted by atomic mass is 9.71. The molecular weight excluding hydrogens is 162 g/mol. The van der Waals surface area contributed by atoms with Crippen LogP contribution in [0.5, 0.6) is 0 Å². The van der Waals surface area contributed by atoms with E-state index in [4.69, 9.17) is 10.5 Å². The van der Waals surface area contributed by atoms with Crippen molar-refractivity contribution in [3.8, 4) is 0 Å². The molecule has 2 fully saturated rings. The molecule has 76 valence electrons. The van der Waals surface area contributed by atoms with Gasteiger partial charge in [-0.2, -0.15) is 0 Å². The molecule has 1 spiro atoms. The highest BCUT2D eigenvalue weighted by atomic mass is 16.5. The van der Waals surface area contributed by atoms with Gasteiger partial charge in [-0.15, -0.1) is 0 Å². The summed E-state index contributed by atoms with van der Waals surface area (Å²) in [5.74, 6) is 0.901. The van der Waals surface area contributed by atoms with E-state index in [9.17, 15) is 0 Å². The summed E-state index contributed by atoms with van der Waals surface area (Å²) < 4.78 is 5.88. The van der Waals surface area contributed by atoms with Gasteiger partial charge in [0.1, 0.15) is 0 Å². The second kappa shape index (κ2) is 3.97. The fraction of sp³-hybridized carbons (Fsp3) is 1.00. The highest BCUT2D eigenvalue weighted by Gasteiger charge is 2.42. The third-order valence-electron chi connectivity index (χ3n) is 3.68. The average Bonchev–Trinajstić information content (AvgIpc) is 2.13. The number of nitrogens with two attached hydrogens (primary N) is 1.